The molecule has 2 N–H and O–H groups in total. The molecule has 24 heavy (non-hydrogen) atoms. The predicted octanol–water partition coefficient (Wildman–Crippen LogP) is 2.01. The molecule has 0 unspecified atom stereocenters. The summed E-state index contributed by atoms with van der Waals surface area (Å²) in [4.78, 5) is 27.4. The number of aromatic nitrogens is 4. The fourth-order valence-electron chi connectivity index (χ4n) is 2.90. The summed E-state index contributed by atoms with van der Waals surface area (Å²) in [6.45, 7) is 1.84. The third kappa shape index (κ3) is 2.46. The zero-order valence-corrected chi connectivity index (χ0v) is 13.6. The van der Waals surface area contributed by atoms with E-state index in [1.165, 1.54) is 4.57 Å². The van der Waals surface area contributed by atoms with Gasteiger partial charge in [-0.1, -0.05) is 11.6 Å². The van der Waals surface area contributed by atoms with E-state index in [-0.39, 0.29) is 5.82 Å². The number of nitrogens with zero attached hydrogens (tertiary/aromatic N) is 5. The molecule has 0 spiro atoms. The van der Waals surface area contributed by atoms with Gasteiger partial charge in [0.25, 0.3) is 0 Å². The number of nitrogens with two attached hydrogens (primary N) is 1. The number of hydrogen-bond donors (Lipinski definition) is 1. The van der Waals surface area contributed by atoms with Gasteiger partial charge in [0.15, 0.2) is 5.65 Å². The van der Waals surface area contributed by atoms with Crippen molar-refractivity contribution in [2.24, 2.45) is 0 Å². The average molecular weight is 343 g/mol. The Labute approximate surface area is 142 Å². The Morgan fingerprint density at radius 2 is 1.79 bits per heavy atom. The van der Waals surface area contributed by atoms with Crippen LogP contribution in [0.2, 0.25) is 5.02 Å². The number of anilines is 2. The van der Waals surface area contributed by atoms with Crippen molar-refractivity contribution < 1.29 is 0 Å². The summed E-state index contributed by atoms with van der Waals surface area (Å²) in [6.07, 6.45) is 3.87. The van der Waals surface area contributed by atoms with Gasteiger partial charge in [0.05, 0.1) is 11.1 Å². The second-order valence-electron chi connectivity index (χ2n) is 5.69. The van der Waals surface area contributed by atoms with Crippen LogP contribution in [0, 0.1) is 0 Å². The highest BCUT2D eigenvalue weighted by molar-refractivity contribution is 6.30. The molecule has 1 aliphatic heterocycles. The molecule has 7 nitrogen and oxygen atoms in total. The first-order chi connectivity index (χ1) is 11.6. The van der Waals surface area contributed by atoms with Crippen molar-refractivity contribution in [3.05, 3.63) is 46.0 Å². The summed E-state index contributed by atoms with van der Waals surface area (Å²) in [5.74, 6) is 0.857. The Bertz CT molecular complexity index is 963. The smallest absolute Gasteiger partial charge is 0.355 e. The van der Waals surface area contributed by atoms with Crippen molar-refractivity contribution in [3.63, 3.8) is 0 Å². The molecule has 8 heteroatoms. The number of fused-ring (bicyclic) bond motifs is 1. The van der Waals surface area contributed by atoms with Crippen molar-refractivity contribution in [1.29, 1.82) is 0 Å². The van der Waals surface area contributed by atoms with E-state index in [1.807, 2.05) is 0 Å². The van der Waals surface area contributed by atoms with Crippen molar-refractivity contribution in [1.82, 2.24) is 19.5 Å². The molecule has 0 amide bonds. The van der Waals surface area contributed by atoms with Crippen LogP contribution in [0.25, 0.3) is 16.7 Å². The lowest BCUT2D eigenvalue weighted by atomic mass is 10.3. The lowest BCUT2D eigenvalue weighted by Gasteiger charge is -2.16. The van der Waals surface area contributed by atoms with Crippen LogP contribution >= 0.6 is 11.6 Å². The molecule has 2 aromatic heterocycles. The minimum absolute atomic E-state index is 0.264. The summed E-state index contributed by atoms with van der Waals surface area (Å²) in [7, 11) is 0. The van der Waals surface area contributed by atoms with Gasteiger partial charge in [-0.15, -0.1) is 0 Å². The molecule has 3 aromatic rings. The highest BCUT2D eigenvalue weighted by atomic mass is 35.5. The first-order valence-electron chi connectivity index (χ1n) is 7.69. The van der Waals surface area contributed by atoms with Crippen LogP contribution in [0.1, 0.15) is 12.8 Å². The molecule has 0 bridgehead atoms. The van der Waals surface area contributed by atoms with E-state index in [9.17, 15) is 4.79 Å². The molecule has 3 heterocycles. The number of rotatable bonds is 2. The summed E-state index contributed by atoms with van der Waals surface area (Å²) in [5.41, 5.74) is 6.63. The van der Waals surface area contributed by atoms with Crippen molar-refractivity contribution >= 4 is 34.4 Å². The molecule has 0 radical (unpaired) electrons. The van der Waals surface area contributed by atoms with Gasteiger partial charge in [0.1, 0.15) is 5.82 Å². The van der Waals surface area contributed by atoms with Gasteiger partial charge in [-0.2, -0.15) is 9.97 Å². The largest absolute Gasteiger partial charge is 0.384 e. The van der Waals surface area contributed by atoms with Crippen LogP contribution in [0.5, 0.6) is 0 Å². The maximum Gasteiger partial charge on any atom is 0.355 e. The lowest BCUT2D eigenvalue weighted by molar-refractivity contribution is 0.892. The van der Waals surface area contributed by atoms with Gasteiger partial charge < -0.3 is 10.6 Å². The van der Waals surface area contributed by atoms with Crippen LogP contribution in [-0.2, 0) is 0 Å². The average Bonchev–Trinajstić information content (AvgIpc) is 3.10. The Morgan fingerprint density at radius 3 is 2.50 bits per heavy atom. The number of benzene rings is 1. The van der Waals surface area contributed by atoms with E-state index >= 15 is 0 Å². The molecule has 0 saturated carbocycles. The first-order valence-corrected chi connectivity index (χ1v) is 8.07. The Kier molecular flexibility index (Phi) is 3.57. The molecule has 0 atom stereocenters. The minimum atomic E-state index is -0.478. The molecule has 1 aliphatic rings. The van der Waals surface area contributed by atoms with E-state index < -0.39 is 5.69 Å². The summed E-state index contributed by atoms with van der Waals surface area (Å²) < 4.78 is 1.33. The predicted molar refractivity (Wildman–Crippen MR) is 93.8 cm³/mol. The molecule has 1 saturated heterocycles. The minimum Gasteiger partial charge on any atom is -0.384 e. The summed E-state index contributed by atoms with van der Waals surface area (Å²) >= 11 is 5.89. The van der Waals surface area contributed by atoms with Crippen molar-refractivity contribution in [2.75, 3.05) is 23.7 Å². The Hall–Kier alpha value is -2.67. The second-order valence-corrected chi connectivity index (χ2v) is 6.13. The third-order valence-corrected chi connectivity index (χ3v) is 4.39. The fourth-order valence-corrected chi connectivity index (χ4v) is 3.03. The van der Waals surface area contributed by atoms with Gasteiger partial charge in [-0.05, 0) is 37.1 Å². The maximum absolute atomic E-state index is 12.4. The lowest BCUT2D eigenvalue weighted by Crippen LogP contribution is -2.26. The zero-order chi connectivity index (χ0) is 16.7. The van der Waals surface area contributed by atoms with Gasteiger partial charge in [0.2, 0.25) is 5.95 Å². The molecular formula is C16H15ClN6O. The van der Waals surface area contributed by atoms with Crippen LogP contribution in [-0.4, -0.2) is 32.6 Å². The summed E-state index contributed by atoms with van der Waals surface area (Å²) in [5, 5.41) is 1.13. The van der Waals surface area contributed by atoms with Crippen molar-refractivity contribution in [2.45, 2.75) is 12.8 Å². The molecule has 1 fully saturated rings. The van der Waals surface area contributed by atoms with Gasteiger partial charge in [-0.3, -0.25) is 0 Å². The highest BCUT2D eigenvalue weighted by Gasteiger charge is 2.17. The van der Waals surface area contributed by atoms with Gasteiger partial charge in [-0.25, -0.2) is 14.3 Å². The molecule has 4 rings (SSSR count). The normalized spacial score (nSPS) is 14.5. The topological polar surface area (TPSA) is 89.9 Å². The van der Waals surface area contributed by atoms with E-state index in [1.54, 1.807) is 30.5 Å². The Balaban J connectivity index is 1.87. The molecular weight excluding hydrogens is 328 g/mol. The highest BCUT2D eigenvalue weighted by Crippen LogP contribution is 2.22. The zero-order valence-electron chi connectivity index (χ0n) is 12.8. The second kappa shape index (κ2) is 5.76. The van der Waals surface area contributed by atoms with Crippen LogP contribution in [0.4, 0.5) is 11.8 Å². The van der Waals surface area contributed by atoms with Crippen LogP contribution < -0.4 is 16.3 Å². The number of halogens is 1. The van der Waals surface area contributed by atoms with E-state index in [2.05, 4.69) is 19.9 Å². The van der Waals surface area contributed by atoms with E-state index in [0.29, 0.717) is 27.7 Å². The van der Waals surface area contributed by atoms with Gasteiger partial charge >= 0.3 is 5.69 Å². The number of hydrogen-bond acceptors (Lipinski definition) is 6. The van der Waals surface area contributed by atoms with Crippen LogP contribution in [0.15, 0.2) is 35.3 Å². The molecule has 1 aromatic carbocycles. The van der Waals surface area contributed by atoms with Gasteiger partial charge in [0, 0.05) is 24.3 Å². The molecule has 0 aliphatic carbocycles. The standard InChI is InChI=1S/C16H15ClN6O/c17-10-3-5-11(6-4-10)23-13(18)12-9-19-15(22-7-1-2-8-22)20-14(12)21-16(23)24/h3-6,9H,1-2,7-8,18H2. The fraction of sp³-hybridized carbons (Fsp3) is 0.250. The van der Waals surface area contributed by atoms with E-state index in [4.69, 9.17) is 17.3 Å². The quantitative estimate of drug-likeness (QED) is 0.766. The number of nitrogen functional groups attached to an aromatic ring is 1. The monoisotopic (exact) mass is 342 g/mol. The van der Waals surface area contributed by atoms with E-state index in [0.717, 1.165) is 25.9 Å². The van der Waals surface area contributed by atoms with Crippen molar-refractivity contribution in [3.8, 4) is 5.69 Å². The first kappa shape index (κ1) is 14.9. The SMILES string of the molecule is Nc1c2cnc(N3CCCC3)nc2nc(=O)n1-c1ccc(Cl)cc1. The Morgan fingerprint density at radius 1 is 1.08 bits per heavy atom. The summed E-state index contributed by atoms with van der Waals surface area (Å²) in [6, 6.07) is 6.82. The molecule has 122 valence electrons. The maximum atomic E-state index is 12.4. The third-order valence-electron chi connectivity index (χ3n) is 4.14. The van der Waals surface area contributed by atoms with Crippen LogP contribution in [0.3, 0.4) is 0 Å².